The molecule has 0 aliphatic heterocycles. The predicted molar refractivity (Wildman–Crippen MR) is 205 cm³/mol. The summed E-state index contributed by atoms with van der Waals surface area (Å²) in [5.41, 5.74) is 0. The largest absolute Gasteiger partial charge is 0.457 e. The number of unbranched alkanes of at least 4 members (excludes halogenated alkanes) is 21. The molecule has 274 valence electrons. The van der Waals surface area contributed by atoms with Crippen LogP contribution in [0.5, 0.6) is 0 Å². The summed E-state index contributed by atoms with van der Waals surface area (Å²) in [7, 11) is 0. The Kier molecular flexibility index (Phi) is 39.1. The summed E-state index contributed by atoms with van der Waals surface area (Å²) in [6.07, 6.45) is 51.6. The summed E-state index contributed by atoms with van der Waals surface area (Å²) in [5, 5.41) is 9.58. The molecule has 0 radical (unpaired) electrons. The zero-order valence-corrected chi connectivity index (χ0v) is 31.3. The van der Waals surface area contributed by atoms with Gasteiger partial charge >= 0.3 is 5.97 Å². The molecule has 0 aromatic rings. The molecule has 1 unspecified atom stereocenters. The molecule has 0 amide bonds. The summed E-state index contributed by atoms with van der Waals surface area (Å²) in [5.74, 6) is -0.218. The molecule has 0 saturated carbocycles. The number of hydrogen-bond donors (Lipinski definition) is 1. The fourth-order valence-electron chi connectivity index (χ4n) is 5.63. The smallest absolute Gasteiger partial charge is 0.306 e. The molecule has 1 N–H and O–H groups in total. The second-order valence-electron chi connectivity index (χ2n) is 13.3. The number of carbonyl (C=O) groups is 1. The number of allylic oxidation sites excluding steroid dienone is 8. The van der Waals surface area contributed by atoms with Crippen LogP contribution in [0.4, 0.5) is 0 Å². The fourth-order valence-corrected chi connectivity index (χ4v) is 5.63. The van der Waals surface area contributed by atoms with Crippen LogP contribution in [-0.4, -0.2) is 37.0 Å². The minimum absolute atomic E-state index is 0.180. The van der Waals surface area contributed by atoms with Crippen LogP contribution in [-0.2, 0) is 14.3 Å². The first kappa shape index (κ1) is 45.3. The summed E-state index contributed by atoms with van der Waals surface area (Å²) < 4.78 is 11.1. The molecule has 0 aliphatic carbocycles. The van der Waals surface area contributed by atoms with Gasteiger partial charge < -0.3 is 14.6 Å². The van der Waals surface area contributed by atoms with E-state index in [1.165, 1.54) is 122 Å². The molecule has 4 heteroatoms. The lowest BCUT2D eigenvalue weighted by atomic mass is 10.1. The first-order valence-corrected chi connectivity index (χ1v) is 20.2. The summed E-state index contributed by atoms with van der Waals surface area (Å²) in [6, 6.07) is 0. The highest BCUT2D eigenvalue weighted by atomic mass is 16.6. The number of aliphatic hydroxyl groups is 1. The van der Waals surface area contributed by atoms with Gasteiger partial charge in [0.05, 0.1) is 13.2 Å². The number of carbonyl (C=O) groups excluding carboxylic acids is 1. The van der Waals surface area contributed by atoms with Crippen LogP contribution in [0.25, 0.3) is 0 Å². The Bertz CT molecular complexity index is 738. The maximum atomic E-state index is 12.2. The van der Waals surface area contributed by atoms with E-state index in [1.54, 1.807) is 0 Å². The van der Waals surface area contributed by atoms with Gasteiger partial charge in [0, 0.05) is 13.0 Å². The average molecular weight is 659 g/mol. The SMILES string of the molecule is CC/C=C\C/C=C\C/C=C\CCCCCCCC(=O)OC(CO)COCCCCCCCCCCCC/C=C\CCCCCCCC. The highest BCUT2D eigenvalue weighted by molar-refractivity contribution is 5.69. The van der Waals surface area contributed by atoms with E-state index in [1.807, 2.05) is 0 Å². The minimum Gasteiger partial charge on any atom is -0.457 e. The third kappa shape index (κ3) is 38.7. The average Bonchev–Trinajstić information content (AvgIpc) is 3.08. The van der Waals surface area contributed by atoms with Crippen molar-refractivity contribution in [3.8, 4) is 0 Å². The fraction of sp³-hybridized carbons (Fsp3) is 0.791. The highest BCUT2D eigenvalue weighted by Gasteiger charge is 2.13. The van der Waals surface area contributed by atoms with Gasteiger partial charge in [0.2, 0.25) is 0 Å². The maximum Gasteiger partial charge on any atom is 0.306 e. The zero-order valence-electron chi connectivity index (χ0n) is 31.3. The first-order chi connectivity index (χ1) is 23.2. The maximum absolute atomic E-state index is 12.2. The van der Waals surface area contributed by atoms with Crippen LogP contribution in [0, 0.1) is 0 Å². The van der Waals surface area contributed by atoms with Crippen molar-refractivity contribution in [2.75, 3.05) is 19.8 Å². The Hall–Kier alpha value is -1.65. The third-order valence-electron chi connectivity index (χ3n) is 8.64. The molecule has 0 spiro atoms. The van der Waals surface area contributed by atoms with E-state index >= 15 is 0 Å². The summed E-state index contributed by atoms with van der Waals surface area (Å²) in [4.78, 5) is 12.2. The Morgan fingerprint density at radius 2 is 0.957 bits per heavy atom. The highest BCUT2D eigenvalue weighted by Crippen LogP contribution is 2.13. The number of esters is 1. The lowest BCUT2D eigenvalue weighted by Gasteiger charge is -2.15. The van der Waals surface area contributed by atoms with E-state index in [0.29, 0.717) is 13.0 Å². The van der Waals surface area contributed by atoms with Crippen LogP contribution in [0.15, 0.2) is 48.6 Å². The Labute approximate surface area is 292 Å². The van der Waals surface area contributed by atoms with Crippen molar-refractivity contribution in [1.29, 1.82) is 0 Å². The second-order valence-corrected chi connectivity index (χ2v) is 13.3. The van der Waals surface area contributed by atoms with Gasteiger partial charge in [0.1, 0.15) is 6.10 Å². The van der Waals surface area contributed by atoms with Gasteiger partial charge in [0.25, 0.3) is 0 Å². The van der Waals surface area contributed by atoms with Crippen molar-refractivity contribution >= 4 is 5.97 Å². The molecule has 0 aromatic carbocycles. The molecule has 4 nitrogen and oxygen atoms in total. The molecule has 0 aromatic heterocycles. The van der Waals surface area contributed by atoms with Gasteiger partial charge in [-0.25, -0.2) is 0 Å². The van der Waals surface area contributed by atoms with Crippen LogP contribution < -0.4 is 0 Å². The number of ether oxygens (including phenoxy) is 2. The van der Waals surface area contributed by atoms with E-state index in [9.17, 15) is 9.90 Å². The summed E-state index contributed by atoms with van der Waals surface area (Å²) >= 11 is 0. The Balaban J connectivity index is 3.44. The molecule has 0 rings (SSSR count). The quantitative estimate of drug-likeness (QED) is 0.0410. The Morgan fingerprint density at radius 3 is 1.47 bits per heavy atom. The topological polar surface area (TPSA) is 55.8 Å². The summed E-state index contributed by atoms with van der Waals surface area (Å²) in [6.45, 7) is 5.22. The van der Waals surface area contributed by atoms with Crippen LogP contribution in [0.3, 0.4) is 0 Å². The molecular weight excluding hydrogens is 580 g/mol. The van der Waals surface area contributed by atoms with E-state index in [-0.39, 0.29) is 19.2 Å². The van der Waals surface area contributed by atoms with Gasteiger partial charge in [-0.15, -0.1) is 0 Å². The molecule has 47 heavy (non-hydrogen) atoms. The number of hydrogen-bond acceptors (Lipinski definition) is 4. The van der Waals surface area contributed by atoms with Crippen molar-refractivity contribution in [3.05, 3.63) is 48.6 Å². The molecule has 0 heterocycles. The van der Waals surface area contributed by atoms with E-state index in [4.69, 9.17) is 9.47 Å². The normalized spacial score (nSPS) is 12.8. The Morgan fingerprint density at radius 1 is 0.532 bits per heavy atom. The van der Waals surface area contributed by atoms with E-state index in [2.05, 4.69) is 62.5 Å². The van der Waals surface area contributed by atoms with Crippen molar-refractivity contribution < 1.29 is 19.4 Å². The number of rotatable bonds is 37. The van der Waals surface area contributed by atoms with E-state index in [0.717, 1.165) is 51.4 Å². The first-order valence-electron chi connectivity index (χ1n) is 20.2. The predicted octanol–water partition coefficient (Wildman–Crippen LogP) is 13.1. The van der Waals surface area contributed by atoms with Crippen molar-refractivity contribution in [1.82, 2.24) is 0 Å². The van der Waals surface area contributed by atoms with Gasteiger partial charge in [-0.2, -0.15) is 0 Å². The van der Waals surface area contributed by atoms with Crippen LogP contribution in [0.1, 0.15) is 194 Å². The zero-order chi connectivity index (χ0) is 34.1. The van der Waals surface area contributed by atoms with Crippen molar-refractivity contribution in [3.63, 3.8) is 0 Å². The van der Waals surface area contributed by atoms with Gasteiger partial charge in [0.15, 0.2) is 0 Å². The van der Waals surface area contributed by atoms with Gasteiger partial charge in [-0.1, -0.05) is 165 Å². The minimum atomic E-state index is -0.543. The third-order valence-corrected chi connectivity index (χ3v) is 8.64. The standard InChI is InChI=1S/C43H78O4/c1-3-5-7-9-11-13-15-17-19-20-21-22-23-25-27-29-31-33-35-37-39-46-41-42(40-44)47-43(45)38-36-34-32-30-28-26-24-18-16-14-12-10-8-6-4-2/h6,8,12,14,17-19,24,42,44H,3-5,7,9-11,13,15-16,20-23,25-41H2,1-2H3/b8-6-,14-12-,19-17-,24-18-. The number of aliphatic hydroxyl groups excluding tert-OH is 1. The van der Waals surface area contributed by atoms with Gasteiger partial charge in [-0.05, 0) is 70.6 Å². The molecule has 0 fully saturated rings. The second kappa shape index (κ2) is 40.5. The van der Waals surface area contributed by atoms with Crippen LogP contribution in [0.2, 0.25) is 0 Å². The van der Waals surface area contributed by atoms with Crippen molar-refractivity contribution in [2.45, 2.75) is 200 Å². The molecule has 0 aliphatic rings. The van der Waals surface area contributed by atoms with Gasteiger partial charge in [-0.3, -0.25) is 4.79 Å². The lowest BCUT2D eigenvalue weighted by Crippen LogP contribution is -2.27. The lowest BCUT2D eigenvalue weighted by molar-refractivity contribution is -0.154. The molecule has 1 atom stereocenters. The molecular formula is C43H78O4. The molecule has 0 bridgehead atoms. The van der Waals surface area contributed by atoms with E-state index < -0.39 is 6.10 Å². The molecule has 0 saturated heterocycles. The van der Waals surface area contributed by atoms with Crippen LogP contribution >= 0.6 is 0 Å². The van der Waals surface area contributed by atoms with Crippen molar-refractivity contribution in [2.24, 2.45) is 0 Å². The monoisotopic (exact) mass is 659 g/mol.